The van der Waals surface area contributed by atoms with Crippen molar-refractivity contribution in [1.82, 2.24) is 9.97 Å². The van der Waals surface area contributed by atoms with Crippen molar-refractivity contribution in [3.8, 4) is 0 Å². The van der Waals surface area contributed by atoms with Crippen molar-refractivity contribution in [2.45, 2.75) is 19.3 Å². The number of aromatic nitrogens is 2. The first-order valence-corrected chi connectivity index (χ1v) is 7.83. The lowest BCUT2D eigenvalue weighted by Gasteiger charge is -2.23. The molecule has 2 aromatic heterocycles. The number of hydrogen-bond acceptors (Lipinski definition) is 4. The molecule has 22 heavy (non-hydrogen) atoms. The van der Waals surface area contributed by atoms with E-state index in [4.69, 9.17) is 0 Å². The lowest BCUT2D eigenvalue weighted by atomic mass is 9.87. The predicted molar refractivity (Wildman–Crippen MR) is 86.5 cm³/mol. The number of amides is 1. The van der Waals surface area contributed by atoms with Crippen molar-refractivity contribution >= 4 is 32.5 Å². The average molecular weight is 311 g/mol. The smallest absolute Gasteiger partial charge is 0.268 e. The molecule has 0 fully saturated rings. The number of rotatable bonds is 1. The Balaban J connectivity index is 2.03. The first-order chi connectivity index (χ1) is 10.6. The highest BCUT2D eigenvalue weighted by Crippen LogP contribution is 2.44. The minimum atomic E-state index is -0.150. The van der Waals surface area contributed by atoms with E-state index in [0.717, 1.165) is 16.1 Å². The lowest BCUT2D eigenvalue weighted by molar-refractivity contribution is -0.116. The molecule has 2 N–H and O–H groups in total. The first kappa shape index (κ1) is 13.2. The molecular formula is C16H13N3O2S. The van der Waals surface area contributed by atoms with E-state index >= 15 is 0 Å². The Bertz CT molecular complexity index is 943. The Morgan fingerprint density at radius 2 is 2.00 bits per heavy atom. The van der Waals surface area contributed by atoms with E-state index in [-0.39, 0.29) is 17.4 Å². The number of H-pyrrole nitrogens is 1. The highest BCUT2D eigenvalue weighted by molar-refractivity contribution is 7.23. The van der Waals surface area contributed by atoms with Gasteiger partial charge in [0.25, 0.3) is 5.56 Å². The second-order valence-corrected chi connectivity index (χ2v) is 6.41. The number of carbonyl (C=O) groups excluding carboxylic acids is 1. The third-order valence-electron chi connectivity index (χ3n) is 3.89. The van der Waals surface area contributed by atoms with Gasteiger partial charge in [-0.25, -0.2) is 4.98 Å². The van der Waals surface area contributed by atoms with Crippen LogP contribution in [0.5, 0.6) is 0 Å². The molecule has 0 saturated carbocycles. The van der Waals surface area contributed by atoms with E-state index in [9.17, 15) is 9.59 Å². The molecule has 110 valence electrons. The summed E-state index contributed by atoms with van der Waals surface area (Å²) in [6, 6.07) is 9.89. The van der Waals surface area contributed by atoms with Gasteiger partial charge in [0.1, 0.15) is 15.5 Å². The summed E-state index contributed by atoms with van der Waals surface area (Å²) < 4.78 is 0.568. The largest absolute Gasteiger partial charge is 0.317 e. The molecule has 5 nitrogen and oxygen atoms in total. The van der Waals surface area contributed by atoms with Crippen molar-refractivity contribution in [3.63, 3.8) is 0 Å². The molecule has 4 rings (SSSR count). The maximum atomic E-state index is 12.1. The second-order valence-electron chi connectivity index (χ2n) is 5.39. The summed E-state index contributed by atoms with van der Waals surface area (Å²) in [6.07, 6.45) is 0.371. The number of aryl methyl sites for hydroxylation is 1. The van der Waals surface area contributed by atoms with E-state index in [1.807, 2.05) is 30.3 Å². The molecule has 0 spiro atoms. The predicted octanol–water partition coefficient (Wildman–Crippen LogP) is 2.77. The lowest BCUT2D eigenvalue weighted by Crippen LogP contribution is -2.22. The number of nitrogens with zero attached hydrogens (tertiary/aromatic N) is 1. The standard InChI is InChI=1S/C16H13N3O2S/c1-8-17-13-12-10(9-5-3-2-4-6-9)7-11(20)19-16(12)22-14(13)15(21)18-8/h2-6,10H,7H2,1H3,(H,19,20)(H,17,18,21)/t10-/m0/s1. The van der Waals surface area contributed by atoms with Gasteiger partial charge in [-0.15, -0.1) is 11.3 Å². The quantitative estimate of drug-likeness (QED) is 0.725. The Morgan fingerprint density at radius 3 is 2.77 bits per heavy atom. The van der Waals surface area contributed by atoms with Crippen molar-refractivity contribution in [3.05, 3.63) is 57.6 Å². The summed E-state index contributed by atoms with van der Waals surface area (Å²) in [6.45, 7) is 1.77. The van der Waals surface area contributed by atoms with Gasteiger partial charge in [-0.05, 0) is 12.5 Å². The number of anilines is 1. The van der Waals surface area contributed by atoms with E-state index in [0.29, 0.717) is 22.5 Å². The molecule has 0 aliphatic carbocycles. The highest BCUT2D eigenvalue weighted by Gasteiger charge is 2.31. The van der Waals surface area contributed by atoms with Gasteiger partial charge in [-0.1, -0.05) is 30.3 Å². The Morgan fingerprint density at radius 1 is 1.23 bits per heavy atom. The minimum absolute atomic E-state index is 0.0268. The first-order valence-electron chi connectivity index (χ1n) is 7.01. The fourth-order valence-corrected chi connectivity index (χ4v) is 4.08. The van der Waals surface area contributed by atoms with Crippen LogP contribution >= 0.6 is 11.3 Å². The molecule has 0 saturated heterocycles. The van der Waals surface area contributed by atoms with Crippen LogP contribution in [0.25, 0.3) is 10.2 Å². The molecule has 1 atom stereocenters. The molecule has 0 radical (unpaired) electrons. The van der Waals surface area contributed by atoms with Gasteiger partial charge in [0.15, 0.2) is 0 Å². The zero-order valence-electron chi connectivity index (χ0n) is 11.8. The topological polar surface area (TPSA) is 74.8 Å². The molecule has 3 aromatic rings. The van der Waals surface area contributed by atoms with Gasteiger partial charge in [0, 0.05) is 17.9 Å². The van der Waals surface area contributed by atoms with Gasteiger partial charge in [-0.2, -0.15) is 0 Å². The summed E-state index contributed by atoms with van der Waals surface area (Å²) in [7, 11) is 0. The summed E-state index contributed by atoms with van der Waals surface area (Å²) in [4.78, 5) is 31.4. The van der Waals surface area contributed by atoms with E-state index in [1.54, 1.807) is 6.92 Å². The minimum Gasteiger partial charge on any atom is -0.317 e. The third-order valence-corrected chi connectivity index (χ3v) is 5.00. The highest BCUT2D eigenvalue weighted by atomic mass is 32.1. The molecule has 1 aliphatic heterocycles. The average Bonchev–Trinajstić information content (AvgIpc) is 2.86. The third kappa shape index (κ3) is 1.95. The number of fused-ring (bicyclic) bond motifs is 3. The van der Waals surface area contributed by atoms with Crippen LogP contribution < -0.4 is 10.9 Å². The zero-order valence-corrected chi connectivity index (χ0v) is 12.7. The van der Waals surface area contributed by atoms with Crippen molar-refractivity contribution < 1.29 is 4.79 Å². The maximum Gasteiger partial charge on any atom is 0.268 e. The van der Waals surface area contributed by atoms with Crippen molar-refractivity contribution in [2.75, 3.05) is 5.32 Å². The van der Waals surface area contributed by atoms with E-state index in [1.165, 1.54) is 11.3 Å². The fourth-order valence-electron chi connectivity index (χ4n) is 2.97. The van der Waals surface area contributed by atoms with E-state index in [2.05, 4.69) is 15.3 Å². The Labute approximate surface area is 130 Å². The summed E-state index contributed by atoms with van der Waals surface area (Å²) in [5.74, 6) is 0.496. The van der Waals surface area contributed by atoms with Crippen LogP contribution in [0.3, 0.4) is 0 Å². The Hall–Kier alpha value is -2.47. The van der Waals surface area contributed by atoms with Crippen LogP contribution in [0.2, 0.25) is 0 Å². The van der Waals surface area contributed by atoms with Crippen molar-refractivity contribution in [1.29, 1.82) is 0 Å². The van der Waals surface area contributed by atoms with Crippen LogP contribution in [0, 0.1) is 6.92 Å². The molecule has 0 bridgehead atoms. The summed E-state index contributed by atoms with van der Waals surface area (Å²) >= 11 is 1.30. The number of thiophene rings is 1. The molecule has 1 aliphatic rings. The van der Waals surface area contributed by atoms with Crippen molar-refractivity contribution in [2.24, 2.45) is 0 Å². The molecule has 1 amide bonds. The number of hydrogen-bond donors (Lipinski definition) is 2. The second kappa shape index (κ2) is 4.78. The number of benzene rings is 1. The van der Waals surface area contributed by atoms with Gasteiger partial charge in [-0.3, -0.25) is 9.59 Å². The number of aromatic amines is 1. The van der Waals surface area contributed by atoms with Crippen LogP contribution in [0.4, 0.5) is 5.00 Å². The molecule has 6 heteroatoms. The maximum absolute atomic E-state index is 12.1. The number of nitrogens with one attached hydrogen (secondary N) is 2. The summed E-state index contributed by atoms with van der Waals surface area (Å²) in [5.41, 5.74) is 2.58. The monoisotopic (exact) mass is 311 g/mol. The van der Waals surface area contributed by atoms with Crippen LogP contribution in [0.1, 0.15) is 29.3 Å². The fraction of sp³-hybridized carbons (Fsp3) is 0.188. The van der Waals surface area contributed by atoms with Gasteiger partial charge >= 0.3 is 0 Å². The zero-order chi connectivity index (χ0) is 15.3. The van der Waals surface area contributed by atoms with E-state index < -0.39 is 0 Å². The van der Waals surface area contributed by atoms with Gasteiger partial charge in [0.05, 0.1) is 5.52 Å². The van der Waals surface area contributed by atoms with Crippen LogP contribution in [-0.2, 0) is 4.79 Å². The molecular weight excluding hydrogens is 298 g/mol. The molecule has 1 aromatic carbocycles. The van der Waals surface area contributed by atoms with Crippen LogP contribution in [0.15, 0.2) is 35.1 Å². The van der Waals surface area contributed by atoms with Gasteiger partial charge < -0.3 is 10.3 Å². The Kier molecular flexibility index (Phi) is 2.87. The van der Waals surface area contributed by atoms with Gasteiger partial charge in [0.2, 0.25) is 5.91 Å². The molecule has 0 unspecified atom stereocenters. The van der Waals surface area contributed by atoms with Crippen LogP contribution in [-0.4, -0.2) is 15.9 Å². The summed E-state index contributed by atoms with van der Waals surface area (Å²) in [5, 5.41) is 3.62. The number of carbonyl (C=O) groups is 1. The normalized spacial score (nSPS) is 17.3. The SMILES string of the molecule is Cc1nc2c3c(sc2c(=O)[nH]1)NC(=O)C[C@H]3c1ccccc1. The molecule has 3 heterocycles.